The zero-order valence-electron chi connectivity index (χ0n) is 10.9. The van der Waals surface area contributed by atoms with Gasteiger partial charge in [0, 0.05) is 12.6 Å². The summed E-state index contributed by atoms with van der Waals surface area (Å²) in [6, 6.07) is 9.25. The van der Waals surface area contributed by atoms with E-state index >= 15 is 0 Å². The van der Waals surface area contributed by atoms with Crippen LogP contribution in [-0.4, -0.2) is 13.1 Å². The Balaban J connectivity index is 2.04. The molecule has 2 nitrogen and oxygen atoms in total. The van der Waals surface area contributed by atoms with Gasteiger partial charge in [-0.25, -0.2) is 0 Å². The van der Waals surface area contributed by atoms with Gasteiger partial charge in [-0.3, -0.25) is 0 Å². The maximum absolute atomic E-state index is 5.87. The SMILES string of the molecule is CC(C)CNC(CN)c1cccc(C2CC2)c1. The molecule has 0 amide bonds. The van der Waals surface area contributed by atoms with Crippen LogP contribution in [0.5, 0.6) is 0 Å². The molecule has 1 atom stereocenters. The number of benzene rings is 1. The van der Waals surface area contributed by atoms with E-state index in [2.05, 4.69) is 43.4 Å². The van der Waals surface area contributed by atoms with Gasteiger partial charge in [0.05, 0.1) is 0 Å². The molecular weight excluding hydrogens is 208 g/mol. The Kier molecular flexibility index (Phi) is 4.19. The maximum Gasteiger partial charge on any atom is 0.0444 e. The summed E-state index contributed by atoms with van der Waals surface area (Å²) in [7, 11) is 0. The van der Waals surface area contributed by atoms with Crippen LogP contribution in [-0.2, 0) is 0 Å². The molecule has 17 heavy (non-hydrogen) atoms. The lowest BCUT2D eigenvalue weighted by atomic mass is 10.0. The molecule has 1 aliphatic rings. The first kappa shape index (κ1) is 12.6. The van der Waals surface area contributed by atoms with E-state index in [4.69, 9.17) is 5.73 Å². The molecule has 1 fully saturated rings. The van der Waals surface area contributed by atoms with Gasteiger partial charge in [-0.2, -0.15) is 0 Å². The minimum Gasteiger partial charge on any atom is -0.329 e. The zero-order valence-corrected chi connectivity index (χ0v) is 10.9. The van der Waals surface area contributed by atoms with E-state index in [1.165, 1.54) is 24.0 Å². The standard InChI is InChI=1S/C15H24N2/c1-11(2)10-17-15(9-16)14-5-3-4-13(8-14)12-6-7-12/h3-5,8,11-12,15,17H,6-7,9-10,16H2,1-2H3. The molecule has 1 aromatic rings. The highest BCUT2D eigenvalue weighted by molar-refractivity contribution is 5.31. The second-order valence-electron chi connectivity index (χ2n) is 5.53. The fraction of sp³-hybridized carbons (Fsp3) is 0.600. The highest BCUT2D eigenvalue weighted by Crippen LogP contribution is 2.40. The van der Waals surface area contributed by atoms with Gasteiger partial charge in [-0.15, -0.1) is 0 Å². The first-order valence-corrected chi connectivity index (χ1v) is 6.74. The van der Waals surface area contributed by atoms with Crippen LogP contribution in [0.4, 0.5) is 0 Å². The Labute approximate surface area is 105 Å². The largest absolute Gasteiger partial charge is 0.329 e. The second kappa shape index (κ2) is 5.65. The van der Waals surface area contributed by atoms with E-state index in [1.54, 1.807) is 0 Å². The van der Waals surface area contributed by atoms with Crippen molar-refractivity contribution in [3.63, 3.8) is 0 Å². The van der Waals surface area contributed by atoms with Gasteiger partial charge in [0.25, 0.3) is 0 Å². The zero-order chi connectivity index (χ0) is 12.3. The number of hydrogen-bond acceptors (Lipinski definition) is 2. The van der Waals surface area contributed by atoms with E-state index in [0.29, 0.717) is 18.5 Å². The summed E-state index contributed by atoms with van der Waals surface area (Å²) in [6.45, 7) is 6.14. The Morgan fingerprint density at radius 3 is 2.71 bits per heavy atom. The minimum absolute atomic E-state index is 0.302. The van der Waals surface area contributed by atoms with Crippen molar-refractivity contribution in [2.24, 2.45) is 11.7 Å². The highest BCUT2D eigenvalue weighted by Gasteiger charge is 2.24. The van der Waals surface area contributed by atoms with E-state index < -0.39 is 0 Å². The van der Waals surface area contributed by atoms with E-state index in [1.807, 2.05) is 0 Å². The lowest BCUT2D eigenvalue weighted by molar-refractivity contribution is 0.479. The van der Waals surface area contributed by atoms with Crippen LogP contribution in [0.25, 0.3) is 0 Å². The van der Waals surface area contributed by atoms with Gasteiger partial charge >= 0.3 is 0 Å². The molecule has 0 heterocycles. The lowest BCUT2D eigenvalue weighted by Crippen LogP contribution is -2.31. The highest BCUT2D eigenvalue weighted by atomic mass is 14.9. The van der Waals surface area contributed by atoms with Crippen LogP contribution in [0.3, 0.4) is 0 Å². The summed E-state index contributed by atoms with van der Waals surface area (Å²) >= 11 is 0. The number of rotatable bonds is 6. The van der Waals surface area contributed by atoms with Gasteiger partial charge < -0.3 is 11.1 Å². The summed E-state index contributed by atoms with van der Waals surface area (Å²) in [5.41, 5.74) is 8.71. The van der Waals surface area contributed by atoms with E-state index in [0.717, 1.165) is 12.5 Å². The summed E-state index contributed by atoms with van der Waals surface area (Å²) in [6.07, 6.45) is 2.71. The van der Waals surface area contributed by atoms with Gasteiger partial charge in [0.15, 0.2) is 0 Å². The van der Waals surface area contributed by atoms with Crippen LogP contribution >= 0.6 is 0 Å². The Hall–Kier alpha value is -0.860. The van der Waals surface area contributed by atoms with Crippen LogP contribution in [0.2, 0.25) is 0 Å². The topological polar surface area (TPSA) is 38.0 Å². The normalized spacial score (nSPS) is 17.4. The molecule has 0 aliphatic heterocycles. The molecule has 2 heteroatoms. The molecule has 0 radical (unpaired) electrons. The molecule has 1 unspecified atom stereocenters. The number of nitrogens with two attached hydrogens (primary N) is 1. The first-order valence-electron chi connectivity index (χ1n) is 6.74. The summed E-state index contributed by atoms with van der Waals surface area (Å²) in [5, 5.41) is 3.55. The Morgan fingerprint density at radius 1 is 1.35 bits per heavy atom. The van der Waals surface area contributed by atoms with Gasteiger partial charge in [-0.1, -0.05) is 38.1 Å². The molecule has 1 aliphatic carbocycles. The van der Waals surface area contributed by atoms with E-state index in [9.17, 15) is 0 Å². The maximum atomic E-state index is 5.87. The monoisotopic (exact) mass is 232 g/mol. The third-order valence-corrected chi connectivity index (χ3v) is 3.37. The molecule has 0 spiro atoms. The Bertz CT molecular complexity index is 356. The predicted octanol–water partition coefficient (Wildman–Crippen LogP) is 2.81. The third kappa shape index (κ3) is 3.55. The van der Waals surface area contributed by atoms with Crippen molar-refractivity contribution in [1.29, 1.82) is 0 Å². The van der Waals surface area contributed by atoms with Crippen LogP contribution in [0.15, 0.2) is 24.3 Å². The van der Waals surface area contributed by atoms with Gasteiger partial charge in [-0.05, 0) is 42.3 Å². The first-order chi connectivity index (χ1) is 8.20. The summed E-state index contributed by atoms with van der Waals surface area (Å²) in [5.74, 6) is 1.48. The molecular formula is C15H24N2. The summed E-state index contributed by atoms with van der Waals surface area (Å²) < 4.78 is 0. The van der Waals surface area contributed by atoms with Crippen molar-refractivity contribution in [2.75, 3.05) is 13.1 Å². The number of hydrogen-bond donors (Lipinski definition) is 2. The summed E-state index contributed by atoms with van der Waals surface area (Å²) in [4.78, 5) is 0. The van der Waals surface area contributed by atoms with Crippen molar-refractivity contribution in [3.8, 4) is 0 Å². The molecule has 0 aromatic heterocycles. The molecule has 1 aromatic carbocycles. The minimum atomic E-state index is 0.302. The van der Waals surface area contributed by atoms with Crippen LogP contribution in [0.1, 0.15) is 49.8 Å². The van der Waals surface area contributed by atoms with Gasteiger partial charge in [0.2, 0.25) is 0 Å². The molecule has 0 saturated heterocycles. The average molecular weight is 232 g/mol. The van der Waals surface area contributed by atoms with Gasteiger partial charge in [0.1, 0.15) is 0 Å². The quantitative estimate of drug-likeness (QED) is 0.791. The van der Waals surface area contributed by atoms with Crippen molar-refractivity contribution < 1.29 is 0 Å². The van der Waals surface area contributed by atoms with E-state index in [-0.39, 0.29) is 0 Å². The molecule has 94 valence electrons. The third-order valence-electron chi connectivity index (χ3n) is 3.37. The second-order valence-corrected chi connectivity index (χ2v) is 5.53. The molecule has 0 bridgehead atoms. The predicted molar refractivity (Wildman–Crippen MR) is 73.1 cm³/mol. The molecule has 2 rings (SSSR count). The average Bonchev–Trinajstić information content (AvgIpc) is 3.14. The van der Waals surface area contributed by atoms with Crippen molar-refractivity contribution in [1.82, 2.24) is 5.32 Å². The Morgan fingerprint density at radius 2 is 2.12 bits per heavy atom. The molecule has 3 N–H and O–H groups in total. The van der Waals surface area contributed by atoms with Crippen molar-refractivity contribution >= 4 is 0 Å². The van der Waals surface area contributed by atoms with Crippen LogP contribution < -0.4 is 11.1 Å². The fourth-order valence-corrected chi connectivity index (χ4v) is 2.16. The molecule has 1 saturated carbocycles. The van der Waals surface area contributed by atoms with Crippen LogP contribution in [0, 0.1) is 5.92 Å². The van der Waals surface area contributed by atoms with Crippen molar-refractivity contribution in [3.05, 3.63) is 35.4 Å². The number of nitrogens with one attached hydrogen (secondary N) is 1. The smallest absolute Gasteiger partial charge is 0.0444 e. The van der Waals surface area contributed by atoms with Crippen molar-refractivity contribution in [2.45, 2.75) is 38.6 Å². The lowest BCUT2D eigenvalue weighted by Gasteiger charge is -2.19. The fourth-order valence-electron chi connectivity index (χ4n) is 2.16.